The van der Waals surface area contributed by atoms with Gasteiger partial charge in [0.15, 0.2) is 0 Å². The number of fused-ring (bicyclic) bond motifs is 1. The number of nitrogens with one attached hydrogen (secondary N) is 2. The summed E-state index contributed by atoms with van der Waals surface area (Å²) in [5, 5.41) is 3.71. The summed E-state index contributed by atoms with van der Waals surface area (Å²) in [6, 6.07) is 7.66. The van der Waals surface area contributed by atoms with E-state index in [4.69, 9.17) is 0 Å². The van der Waals surface area contributed by atoms with Gasteiger partial charge in [0.2, 0.25) is 5.91 Å². The number of aromatic nitrogens is 2. The van der Waals surface area contributed by atoms with E-state index in [0.29, 0.717) is 35.6 Å². The van der Waals surface area contributed by atoms with Crippen molar-refractivity contribution < 1.29 is 4.79 Å². The maximum atomic E-state index is 12.1. The summed E-state index contributed by atoms with van der Waals surface area (Å²) in [5.74, 6) is 0.892. The van der Waals surface area contributed by atoms with Gasteiger partial charge in [-0.05, 0) is 30.9 Å². The minimum atomic E-state index is -0.117. The molecule has 1 fully saturated rings. The molecule has 122 valence electrons. The van der Waals surface area contributed by atoms with Gasteiger partial charge in [0.1, 0.15) is 5.82 Å². The van der Waals surface area contributed by atoms with Gasteiger partial charge in [-0.15, -0.1) is 0 Å². The molecule has 2 N–H and O–H groups in total. The highest BCUT2D eigenvalue weighted by molar-refractivity contribution is 5.77. The second-order valence-corrected chi connectivity index (χ2v) is 6.59. The highest BCUT2D eigenvalue weighted by Gasteiger charge is 2.19. The van der Waals surface area contributed by atoms with Gasteiger partial charge in [-0.1, -0.05) is 31.9 Å². The van der Waals surface area contributed by atoms with E-state index in [1.807, 2.05) is 25.1 Å². The number of hydrogen-bond acceptors (Lipinski definition) is 3. The van der Waals surface area contributed by atoms with E-state index >= 15 is 0 Å². The normalized spacial score (nSPS) is 16.6. The van der Waals surface area contributed by atoms with Crippen LogP contribution < -0.4 is 10.9 Å². The topological polar surface area (TPSA) is 74.8 Å². The van der Waals surface area contributed by atoms with Crippen molar-refractivity contribution in [3.63, 3.8) is 0 Å². The Morgan fingerprint density at radius 2 is 2.09 bits per heavy atom. The molecule has 0 aliphatic heterocycles. The number of para-hydroxylation sites is 1. The molecule has 1 unspecified atom stereocenters. The van der Waals surface area contributed by atoms with E-state index < -0.39 is 0 Å². The lowest BCUT2D eigenvalue weighted by atomic mass is 10.0. The summed E-state index contributed by atoms with van der Waals surface area (Å²) >= 11 is 0. The van der Waals surface area contributed by atoms with Gasteiger partial charge in [-0.25, -0.2) is 4.98 Å². The second kappa shape index (κ2) is 6.94. The van der Waals surface area contributed by atoms with E-state index in [1.54, 1.807) is 6.07 Å². The van der Waals surface area contributed by atoms with E-state index in [1.165, 1.54) is 12.8 Å². The lowest BCUT2D eigenvalue weighted by Gasteiger charge is -2.15. The Bertz CT molecular complexity index is 747. The SMILES string of the molecule is CC(CC(=O)NC1CCCC1)Cc1nc2ccccc2c(=O)[nH]1. The third-order valence-corrected chi connectivity index (χ3v) is 4.46. The summed E-state index contributed by atoms with van der Waals surface area (Å²) in [6.07, 6.45) is 5.68. The van der Waals surface area contributed by atoms with Crippen LogP contribution in [-0.4, -0.2) is 21.9 Å². The number of H-pyrrole nitrogens is 1. The highest BCUT2D eigenvalue weighted by Crippen LogP contribution is 2.18. The maximum Gasteiger partial charge on any atom is 0.258 e. The van der Waals surface area contributed by atoms with Crippen LogP contribution in [0.4, 0.5) is 0 Å². The quantitative estimate of drug-likeness (QED) is 0.891. The lowest BCUT2D eigenvalue weighted by Crippen LogP contribution is -2.33. The van der Waals surface area contributed by atoms with E-state index in [-0.39, 0.29) is 17.4 Å². The average Bonchev–Trinajstić information content (AvgIpc) is 2.99. The van der Waals surface area contributed by atoms with Gasteiger partial charge >= 0.3 is 0 Å². The fourth-order valence-corrected chi connectivity index (χ4v) is 3.31. The zero-order chi connectivity index (χ0) is 16.2. The summed E-state index contributed by atoms with van der Waals surface area (Å²) < 4.78 is 0. The molecular formula is C18H23N3O2. The Hall–Kier alpha value is -2.17. The Kier molecular flexibility index (Phi) is 4.74. The molecular weight excluding hydrogens is 290 g/mol. The van der Waals surface area contributed by atoms with Gasteiger partial charge in [0, 0.05) is 18.9 Å². The first-order valence-electron chi connectivity index (χ1n) is 8.39. The first kappa shape index (κ1) is 15.7. The van der Waals surface area contributed by atoms with Gasteiger partial charge in [0.25, 0.3) is 5.56 Å². The van der Waals surface area contributed by atoms with Crippen molar-refractivity contribution in [2.75, 3.05) is 0 Å². The van der Waals surface area contributed by atoms with Crippen molar-refractivity contribution >= 4 is 16.8 Å². The molecule has 1 atom stereocenters. The lowest BCUT2D eigenvalue weighted by molar-refractivity contribution is -0.122. The Morgan fingerprint density at radius 3 is 2.87 bits per heavy atom. The van der Waals surface area contributed by atoms with Crippen molar-refractivity contribution in [2.45, 2.75) is 51.5 Å². The smallest absolute Gasteiger partial charge is 0.258 e. The molecule has 1 aromatic heterocycles. The fourth-order valence-electron chi connectivity index (χ4n) is 3.31. The van der Waals surface area contributed by atoms with Crippen LogP contribution in [-0.2, 0) is 11.2 Å². The molecule has 0 radical (unpaired) electrons. The van der Waals surface area contributed by atoms with Gasteiger partial charge < -0.3 is 10.3 Å². The minimum Gasteiger partial charge on any atom is -0.353 e. The average molecular weight is 313 g/mol. The van der Waals surface area contributed by atoms with Crippen molar-refractivity contribution in [2.24, 2.45) is 5.92 Å². The standard InChI is InChI=1S/C18H23N3O2/c1-12(11-17(22)19-13-6-2-3-7-13)10-16-20-15-9-5-4-8-14(15)18(23)21-16/h4-5,8-9,12-13H,2-3,6-7,10-11H2,1H3,(H,19,22)(H,20,21,23). The van der Waals surface area contributed by atoms with Gasteiger partial charge in [-0.2, -0.15) is 0 Å². The maximum absolute atomic E-state index is 12.1. The molecule has 1 aliphatic rings. The van der Waals surface area contributed by atoms with Crippen LogP contribution in [0.1, 0.15) is 44.9 Å². The number of aromatic amines is 1. The number of carbonyl (C=O) groups is 1. The van der Waals surface area contributed by atoms with E-state index in [9.17, 15) is 9.59 Å². The van der Waals surface area contributed by atoms with E-state index in [2.05, 4.69) is 15.3 Å². The highest BCUT2D eigenvalue weighted by atomic mass is 16.1. The van der Waals surface area contributed by atoms with E-state index in [0.717, 1.165) is 12.8 Å². The third kappa shape index (κ3) is 3.97. The van der Waals surface area contributed by atoms with Crippen LogP contribution in [0.3, 0.4) is 0 Å². The minimum absolute atomic E-state index is 0.104. The molecule has 23 heavy (non-hydrogen) atoms. The summed E-state index contributed by atoms with van der Waals surface area (Å²) in [6.45, 7) is 2.02. The molecule has 5 heteroatoms. The van der Waals surface area contributed by atoms with Crippen molar-refractivity contribution in [1.29, 1.82) is 0 Å². The number of nitrogens with zero attached hydrogens (tertiary/aromatic N) is 1. The van der Waals surface area contributed by atoms with Crippen LogP contribution in [0, 0.1) is 5.92 Å². The van der Waals surface area contributed by atoms with Crippen molar-refractivity contribution in [1.82, 2.24) is 15.3 Å². The zero-order valence-corrected chi connectivity index (χ0v) is 13.5. The van der Waals surface area contributed by atoms with Crippen molar-refractivity contribution in [3.8, 4) is 0 Å². The first-order valence-corrected chi connectivity index (χ1v) is 8.39. The molecule has 0 spiro atoms. The van der Waals surface area contributed by atoms with Gasteiger partial charge in [-0.3, -0.25) is 9.59 Å². The third-order valence-electron chi connectivity index (χ3n) is 4.46. The molecule has 1 heterocycles. The second-order valence-electron chi connectivity index (χ2n) is 6.59. The molecule has 1 saturated carbocycles. The molecule has 0 bridgehead atoms. The molecule has 1 aromatic carbocycles. The zero-order valence-electron chi connectivity index (χ0n) is 13.5. The molecule has 5 nitrogen and oxygen atoms in total. The van der Waals surface area contributed by atoms with Crippen LogP contribution in [0.25, 0.3) is 10.9 Å². The predicted molar refractivity (Wildman–Crippen MR) is 90.2 cm³/mol. The van der Waals surface area contributed by atoms with Crippen LogP contribution in [0.5, 0.6) is 0 Å². The molecule has 2 aromatic rings. The first-order chi connectivity index (χ1) is 11.1. The number of hydrogen-bond donors (Lipinski definition) is 2. The predicted octanol–water partition coefficient (Wildman–Crippen LogP) is 2.55. The fraction of sp³-hybridized carbons (Fsp3) is 0.500. The summed E-state index contributed by atoms with van der Waals surface area (Å²) in [5.41, 5.74) is 0.585. The summed E-state index contributed by atoms with van der Waals surface area (Å²) in [4.78, 5) is 31.5. The molecule has 1 aliphatic carbocycles. The summed E-state index contributed by atoms with van der Waals surface area (Å²) in [7, 11) is 0. The van der Waals surface area contributed by atoms with Crippen LogP contribution >= 0.6 is 0 Å². The van der Waals surface area contributed by atoms with Crippen LogP contribution in [0.2, 0.25) is 0 Å². The number of amides is 1. The number of carbonyl (C=O) groups excluding carboxylic acids is 1. The molecule has 1 amide bonds. The van der Waals surface area contributed by atoms with Gasteiger partial charge in [0.05, 0.1) is 10.9 Å². The Morgan fingerprint density at radius 1 is 1.35 bits per heavy atom. The Labute approximate surface area is 135 Å². The largest absolute Gasteiger partial charge is 0.353 e. The Balaban J connectivity index is 1.62. The monoisotopic (exact) mass is 313 g/mol. The molecule has 0 saturated heterocycles. The van der Waals surface area contributed by atoms with Crippen LogP contribution in [0.15, 0.2) is 29.1 Å². The number of benzene rings is 1. The molecule has 3 rings (SSSR count). The number of rotatable bonds is 5. The van der Waals surface area contributed by atoms with Crippen molar-refractivity contribution in [3.05, 3.63) is 40.4 Å².